The molecule has 0 spiro atoms. The standard InChI is InChI=1S/C11H17N3O/c1-14(10-6-4-8-13-10)11(15)9-5-2-3-7-12-9/h4,6,8-9,12-13H,2-3,5,7H2,1H3. The molecule has 1 atom stereocenters. The normalized spacial score (nSPS) is 21.3. The highest BCUT2D eigenvalue weighted by Crippen LogP contribution is 2.13. The molecule has 1 aromatic rings. The first-order valence-corrected chi connectivity index (χ1v) is 5.43. The number of aromatic amines is 1. The van der Waals surface area contributed by atoms with Crippen LogP contribution < -0.4 is 10.2 Å². The minimum absolute atomic E-state index is 0.00736. The van der Waals surface area contributed by atoms with E-state index in [1.54, 1.807) is 4.90 Å². The summed E-state index contributed by atoms with van der Waals surface area (Å²) >= 11 is 0. The number of nitrogens with one attached hydrogen (secondary N) is 2. The Hall–Kier alpha value is -1.29. The van der Waals surface area contributed by atoms with Crippen molar-refractivity contribution in [2.75, 3.05) is 18.5 Å². The van der Waals surface area contributed by atoms with Crippen LogP contribution in [0.4, 0.5) is 5.82 Å². The maximum absolute atomic E-state index is 12.0. The summed E-state index contributed by atoms with van der Waals surface area (Å²) < 4.78 is 0. The van der Waals surface area contributed by atoms with E-state index in [4.69, 9.17) is 0 Å². The lowest BCUT2D eigenvalue weighted by atomic mass is 10.0. The minimum atomic E-state index is -0.00736. The Morgan fingerprint density at radius 3 is 3.00 bits per heavy atom. The minimum Gasteiger partial charge on any atom is -0.348 e. The van der Waals surface area contributed by atoms with Crippen molar-refractivity contribution in [2.45, 2.75) is 25.3 Å². The van der Waals surface area contributed by atoms with E-state index in [1.807, 2.05) is 25.4 Å². The molecule has 1 fully saturated rings. The van der Waals surface area contributed by atoms with Crippen molar-refractivity contribution in [3.63, 3.8) is 0 Å². The van der Waals surface area contributed by atoms with Gasteiger partial charge in [-0.15, -0.1) is 0 Å². The van der Waals surface area contributed by atoms with E-state index in [0.29, 0.717) is 0 Å². The average Bonchev–Trinajstić information content (AvgIpc) is 2.82. The molecule has 1 aliphatic heterocycles. The molecule has 0 bridgehead atoms. The molecule has 2 rings (SSSR count). The highest BCUT2D eigenvalue weighted by atomic mass is 16.2. The molecule has 15 heavy (non-hydrogen) atoms. The molecule has 0 saturated carbocycles. The summed E-state index contributed by atoms with van der Waals surface area (Å²) in [5.41, 5.74) is 0. The molecule has 1 unspecified atom stereocenters. The van der Waals surface area contributed by atoms with Crippen LogP contribution in [0.25, 0.3) is 0 Å². The Balaban J connectivity index is 2.00. The number of rotatable bonds is 2. The Morgan fingerprint density at radius 2 is 2.40 bits per heavy atom. The fourth-order valence-electron chi connectivity index (χ4n) is 1.94. The van der Waals surface area contributed by atoms with E-state index in [-0.39, 0.29) is 11.9 Å². The molecule has 4 heteroatoms. The molecule has 0 radical (unpaired) electrons. The van der Waals surface area contributed by atoms with Gasteiger partial charge in [-0.05, 0) is 31.5 Å². The van der Waals surface area contributed by atoms with Crippen LogP contribution in [0, 0.1) is 0 Å². The number of H-pyrrole nitrogens is 1. The van der Waals surface area contributed by atoms with Crippen LogP contribution in [0.5, 0.6) is 0 Å². The van der Waals surface area contributed by atoms with E-state index in [2.05, 4.69) is 10.3 Å². The first-order valence-electron chi connectivity index (χ1n) is 5.43. The van der Waals surface area contributed by atoms with E-state index >= 15 is 0 Å². The number of likely N-dealkylation sites (N-methyl/N-ethyl adjacent to an activating group) is 1. The fraction of sp³-hybridized carbons (Fsp3) is 0.545. The van der Waals surface area contributed by atoms with Gasteiger partial charge < -0.3 is 15.2 Å². The summed E-state index contributed by atoms with van der Waals surface area (Å²) in [6.07, 6.45) is 5.09. The summed E-state index contributed by atoms with van der Waals surface area (Å²) in [5, 5.41) is 3.26. The van der Waals surface area contributed by atoms with Crippen molar-refractivity contribution in [3.05, 3.63) is 18.3 Å². The summed E-state index contributed by atoms with van der Waals surface area (Å²) in [6.45, 7) is 0.953. The zero-order valence-electron chi connectivity index (χ0n) is 8.99. The first kappa shape index (κ1) is 10.2. The molecule has 2 N–H and O–H groups in total. The molecular formula is C11H17N3O. The van der Waals surface area contributed by atoms with E-state index in [9.17, 15) is 4.79 Å². The summed E-state index contributed by atoms with van der Waals surface area (Å²) in [6, 6.07) is 3.79. The predicted octanol–water partition coefficient (Wildman–Crippen LogP) is 1.12. The van der Waals surface area contributed by atoms with Gasteiger partial charge >= 0.3 is 0 Å². The lowest BCUT2D eigenvalue weighted by Gasteiger charge is -2.26. The molecule has 0 aromatic carbocycles. The van der Waals surface area contributed by atoms with Crippen LogP contribution in [0.15, 0.2) is 18.3 Å². The second-order valence-corrected chi connectivity index (χ2v) is 3.96. The molecule has 1 aromatic heterocycles. The van der Waals surface area contributed by atoms with Crippen LogP contribution in [-0.2, 0) is 4.79 Å². The van der Waals surface area contributed by atoms with Crippen molar-refractivity contribution < 1.29 is 4.79 Å². The van der Waals surface area contributed by atoms with Crippen LogP contribution in [-0.4, -0.2) is 30.5 Å². The SMILES string of the molecule is CN(C(=O)C1CCCCN1)c1ccc[nH]1. The van der Waals surface area contributed by atoms with E-state index in [1.165, 1.54) is 6.42 Å². The highest BCUT2D eigenvalue weighted by molar-refractivity contribution is 5.95. The second-order valence-electron chi connectivity index (χ2n) is 3.96. The third kappa shape index (κ3) is 2.21. The summed E-state index contributed by atoms with van der Waals surface area (Å²) in [5.74, 6) is 1.00. The van der Waals surface area contributed by atoms with Gasteiger partial charge in [-0.3, -0.25) is 4.79 Å². The smallest absolute Gasteiger partial charge is 0.244 e. The number of anilines is 1. The van der Waals surface area contributed by atoms with Gasteiger partial charge in [0.1, 0.15) is 5.82 Å². The largest absolute Gasteiger partial charge is 0.348 e. The van der Waals surface area contributed by atoms with Gasteiger partial charge in [0.15, 0.2) is 0 Å². The van der Waals surface area contributed by atoms with Crippen molar-refractivity contribution in [3.8, 4) is 0 Å². The quantitative estimate of drug-likeness (QED) is 0.763. The van der Waals surface area contributed by atoms with Gasteiger partial charge in [0.2, 0.25) is 5.91 Å². The van der Waals surface area contributed by atoms with Crippen LogP contribution in [0.3, 0.4) is 0 Å². The maximum atomic E-state index is 12.0. The second kappa shape index (κ2) is 4.49. The number of piperidine rings is 1. The number of carbonyl (C=O) groups is 1. The molecule has 1 amide bonds. The van der Waals surface area contributed by atoms with Crippen LogP contribution >= 0.6 is 0 Å². The van der Waals surface area contributed by atoms with Crippen LogP contribution in [0.1, 0.15) is 19.3 Å². The number of hydrogen-bond acceptors (Lipinski definition) is 2. The molecule has 2 heterocycles. The molecule has 82 valence electrons. The van der Waals surface area contributed by atoms with E-state index < -0.39 is 0 Å². The van der Waals surface area contributed by atoms with Gasteiger partial charge in [-0.25, -0.2) is 0 Å². The summed E-state index contributed by atoms with van der Waals surface area (Å²) in [7, 11) is 1.81. The third-order valence-corrected chi connectivity index (χ3v) is 2.88. The Morgan fingerprint density at radius 1 is 1.53 bits per heavy atom. The van der Waals surface area contributed by atoms with Gasteiger partial charge in [-0.1, -0.05) is 6.42 Å². The summed E-state index contributed by atoms with van der Waals surface area (Å²) in [4.78, 5) is 16.8. The van der Waals surface area contributed by atoms with E-state index in [0.717, 1.165) is 25.2 Å². The van der Waals surface area contributed by atoms with Gasteiger partial charge in [-0.2, -0.15) is 0 Å². The number of nitrogens with zero attached hydrogens (tertiary/aromatic N) is 1. The van der Waals surface area contributed by atoms with Gasteiger partial charge in [0, 0.05) is 13.2 Å². The van der Waals surface area contributed by atoms with Gasteiger partial charge in [0.25, 0.3) is 0 Å². The molecule has 1 aliphatic rings. The number of hydrogen-bond donors (Lipinski definition) is 2. The molecule has 1 saturated heterocycles. The average molecular weight is 207 g/mol. The molecule has 0 aliphatic carbocycles. The van der Waals surface area contributed by atoms with Gasteiger partial charge in [0.05, 0.1) is 6.04 Å². The third-order valence-electron chi connectivity index (χ3n) is 2.88. The Labute approximate surface area is 89.7 Å². The number of carbonyl (C=O) groups excluding carboxylic acids is 1. The van der Waals surface area contributed by atoms with Crippen molar-refractivity contribution in [1.29, 1.82) is 0 Å². The topological polar surface area (TPSA) is 48.1 Å². The van der Waals surface area contributed by atoms with Crippen molar-refractivity contribution >= 4 is 11.7 Å². The fourth-order valence-corrected chi connectivity index (χ4v) is 1.94. The van der Waals surface area contributed by atoms with Crippen LogP contribution in [0.2, 0.25) is 0 Å². The molecule has 4 nitrogen and oxygen atoms in total. The lowest BCUT2D eigenvalue weighted by molar-refractivity contribution is -0.120. The lowest BCUT2D eigenvalue weighted by Crippen LogP contribution is -2.47. The zero-order valence-corrected chi connectivity index (χ0v) is 8.99. The van der Waals surface area contributed by atoms with Crippen molar-refractivity contribution in [2.24, 2.45) is 0 Å². The zero-order chi connectivity index (χ0) is 10.7. The Bertz CT molecular complexity index is 315. The maximum Gasteiger partial charge on any atom is 0.244 e. The molecular weight excluding hydrogens is 190 g/mol. The monoisotopic (exact) mass is 207 g/mol. The predicted molar refractivity (Wildman–Crippen MR) is 59.8 cm³/mol. The highest BCUT2D eigenvalue weighted by Gasteiger charge is 2.24. The number of aromatic nitrogens is 1. The van der Waals surface area contributed by atoms with Crippen molar-refractivity contribution in [1.82, 2.24) is 10.3 Å². The first-order chi connectivity index (χ1) is 7.29. The Kier molecular flexibility index (Phi) is 3.06. The number of amides is 1.